The number of amides is 1. The number of carbonyl (C=O) groups is 1. The number of nitrogen functional groups attached to an aromatic ring is 1. The lowest BCUT2D eigenvalue weighted by Gasteiger charge is -2.06. The van der Waals surface area contributed by atoms with Crippen molar-refractivity contribution in [3.8, 4) is 0 Å². The van der Waals surface area contributed by atoms with Gasteiger partial charge in [-0.3, -0.25) is 10.1 Å². The summed E-state index contributed by atoms with van der Waals surface area (Å²) in [5.41, 5.74) is 14.5. The van der Waals surface area contributed by atoms with Crippen molar-refractivity contribution in [2.24, 2.45) is 10.7 Å². The number of aryl methyl sites for hydroxylation is 1. The van der Waals surface area contributed by atoms with Crippen molar-refractivity contribution in [2.75, 3.05) is 5.73 Å². The summed E-state index contributed by atoms with van der Waals surface area (Å²) in [5.74, 6) is -0.111. The third kappa shape index (κ3) is 4.08. The van der Waals surface area contributed by atoms with Crippen molar-refractivity contribution >= 4 is 34.4 Å². The quantitative estimate of drug-likeness (QED) is 0.383. The molecule has 7 nitrogen and oxygen atoms in total. The maximum Gasteiger partial charge on any atom is 0.253 e. The molecule has 1 heterocycles. The smallest absolute Gasteiger partial charge is 0.253 e. The van der Waals surface area contributed by atoms with Gasteiger partial charge in [-0.15, -0.1) is 0 Å². The maximum atomic E-state index is 12.0. The second-order valence-electron chi connectivity index (χ2n) is 5.59. The number of aromatic nitrogens is 2. The number of anilines is 1. The number of hydrogen-bond donors (Lipinski definition) is 3. The number of benzene rings is 2. The molecule has 3 rings (SSSR count). The Morgan fingerprint density at radius 1 is 1.12 bits per heavy atom. The van der Waals surface area contributed by atoms with Gasteiger partial charge in [-0.05, 0) is 30.7 Å². The van der Waals surface area contributed by atoms with Gasteiger partial charge in [-0.2, -0.15) is 4.99 Å². The lowest BCUT2D eigenvalue weighted by Crippen LogP contribution is -2.37. The number of fused-ring (bicyclic) bond motifs is 1. The molecule has 0 atom stereocenters. The Morgan fingerprint density at radius 3 is 2.60 bits per heavy atom. The number of rotatable bonds is 3. The van der Waals surface area contributed by atoms with E-state index >= 15 is 0 Å². The molecule has 25 heavy (non-hydrogen) atoms. The molecule has 126 valence electrons. The molecule has 3 aromatic rings. The lowest BCUT2D eigenvalue weighted by molar-refractivity contribution is -0.119. The van der Waals surface area contributed by atoms with Crippen LogP contribution in [0.25, 0.3) is 10.9 Å². The molecule has 1 aromatic heterocycles. The first-order valence-electron chi connectivity index (χ1n) is 7.73. The third-order valence-corrected chi connectivity index (χ3v) is 3.61. The minimum atomic E-state index is -0.275. The number of nitrogens with one attached hydrogen (secondary N) is 1. The Labute approximate surface area is 144 Å². The molecule has 0 aliphatic rings. The van der Waals surface area contributed by atoms with Crippen LogP contribution in [-0.2, 0) is 11.2 Å². The molecule has 5 N–H and O–H groups in total. The van der Waals surface area contributed by atoms with Crippen molar-refractivity contribution in [1.29, 1.82) is 0 Å². The average molecular weight is 334 g/mol. The summed E-state index contributed by atoms with van der Waals surface area (Å²) in [4.78, 5) is 24.8. The minimum Gasteiger partial charge on any atom is -0.399 e. The van der Waals surface area contributed by atoms with Crippen LogP contribution in [0, 0.1) is 6.92 Å². The topological polar surface area (TPSA) is 119 Å². The van der Waals surface area contributed by atoms with E-state index in [4.69, 9.17) is 11.5 Å². The van der Waals surface area contributed by atoms with E-state index in [1.807, 2.05) is 31.2 Å². The molecular formula is C18H18N6O. The Balaban J connectivity index is 1.73. The third-order valence-electron chi connectivity index (χ3n) is 3.61. The summed E-state index contributed by atoms with van der Waals surface area (Å²) in [6.45, 7) is 1.87. The van der Waals surface area contributed by atoms with Gasteiger partial charge in [0.25, 0.3) is 5.95 Å². The van der Waals surface area contributed by atoms with E-state index in [-0.39, 0.29) is 24.2 Å². The highest BCUT2D eigenvalue weighted by Crippen LogP contribution is 2.17. The summed E-state index contributed by atoms with van der Waals surface area (Å²) in [5, 5.41) is 3.49. The number of hydrogen-bond acceptors (Lipinski definition) is 5. The van der Waals surface area contributed by atoms with Gasteiger partial charge in [0, 0.05) is 11.1 Å². The molecule has 0 saturated heterocycles. The van der Waals surface area contributed by atoms with Crippen molar-refractivity contribution in [3.05, 3.63) is 59.8 Å². The first-order chi connectivity index (χ1) is 12.0. The van der Waals surface area contributed by atoms with Gasteiger partial charge in [0.15, 0.2) is 0 Å². The lowest BCUT2D eigenvalue weighted by atomic mass is 10.1. The van der Waals surface area contributed by atoms with Crippen LogP contribution in [0.5, 0.6) is 0 Å². The van der Waals surface area contributed by atoms with Gasteiger partial charge in [0.05, 0.1) is 17.6 Å². The number of carbonyl (C=O) groups excluding carboxylic acids is 1. The Hall–Kier alpha value is -3.48. The van der Waals surface area contributed by atoms with Crippen LogP contribution in [0.4, 0.5) is 11.6 Å². The summed E-state index contributed by atoms with van der Waals surface area (Å²) in [6, 6.07) is 14.7. The molecule has 0 unspecified atom stereocenters. The number of guanidine groups is 1. The fourth-order valence-electron chi connectivity index (χ4n) is 2.41. The fraction of sp³-hybridized carbons (Fsp3) is 0.111. The van der Waals surface area contributed by atoms with E-state index in [0.29, 0.717) is 5.69 Å². The fourth-order valence-corrected chi connectivity index (χ4v) is 2.41. The zero-order valence-electron chi connectivity index (χ0n) is 13.7. The zero-order valence-corrected chi connectivity index (χ0v) is 13.7. The van der Waals surface area contributed by atoms with Crippen molar-refractivity contribution in [1.82, 2.24) is 15.3 Å². The molecule has 0 fully saturated rings. The standard InChI is InChI=1S/C18H18N6O/c1-11-14-4-2-3-5-15(14)22-18(21-11)24-17(20)23-16(25)10-12-6-8-13(19)9-7-12/h2-9H,10,19H2,1H3,(H3,20,21,22,23,24,25). The zero-order chi connectivity index (χ0) is 17.8. The highest BCUT2D eigenvalue weighted by Gasteiger charge is 2.07. The van der Waals surface area contributed by atoms with E-state index in [0.717, 1.165) is 22.2 Å². The van der Waals surface area contributed by atoms with Gasteiger partial charge in [-0.1, -0.05) is 30.3 Å². The van der Waals surface area contributed by atoms with Crippen LogP contribution in [0.2, 0.25) is 0 Å². The van der Waals surface area contributed by atoms with E-state index in [1.54, 1.807) is 24.3 Å². The normalized spacial score (nSPS) is 11.5. The van der Waals surface area contributed by atoms with Crippen molar-refractivity contribution < 1.29 is 4.79 Å². The summed E-state index contributed by atoms with van der Waals surface area (Å²) < 4.78 is 0. The first kappa shape index (κ1) is 16.4. The minimum absolute atomic E-state index is 0.0462. The van der Waals surface area contributed by atoms with Crippen LogP contribution >= 0.6 is 0 Å². The molecule has 0 saturated carbocycles. The molecule has 0 radical (unpaired) electrons. The number of para-hydroxylation sites is 1. The largest absolute Gasteiger partial charge is 0.399 e. The molecule has 7 heteroatoms. The summed E-state index contributed by atoms with van der Waals surface area (Å²) in [7, 11) is 0. The van der Waals surface area contributed by atoms with Gasteiger partial charge >= 0.3 is 0 Å². The number of nitrogens with two attached hydrogens (primary N) is 2. The number of nitrogens with zero attached hydrogens (tertiary/aromatic N) is 3. The van der Waals surface area contributed by atoms with Crippen molar-refractivity contribution in [2.45, 2.75) is 13.3 Å². The van der Waals surface area contributed by atoms with E-state index in [9.17, 15) is 4.79 Å². The van der Waals surface area contributed by atoms with Gasteiger partial charge < -0.3 is 11.5 Å². The van der Waals surface area contributed by atoms with Crippen LogP contribution in [0.15, 0.2) is 53.5 Å². The van der Waals surface area contributed by atoms with Gasteiger partial charge in [0.1, 0.15) is 0 Å². The predicted octanol–water partition coefficient (Wildman–Crippen LogP) is 1.83. The Bertz CT molecular complexity index is 949. The first-order valence-corrected chi connectivity index (χ1v) is 7.73. The van der Waals surface area contributed by atoms with Crippen LogP contribution in [0.3, 0.4) is 0 Å². The molecule has 0 aliphatic heterocycles. The molecule has 2 aromatic carbocycles. The summed E-state index contributed by atoms with van der Waals surface area (Å²) >= 11 is 0. The summed E-state index contributed by atoms with van der Waals surface area (Å²) in [6.07, 6.45) is 0.175. The monoisotopic (exact) mass is 334 g/mol. The molecule has 0 aliphatic carbocycles. The predicted molar refractivity (Wildman–Crippen MR) is 98.3 cm³/mol. The molecule has 0 bridgehead atoms. The SMILES string of the molecule is Cc1nc(/N=C(\N)NC(=O)Cc2ccc(N)cc2)nc2ccccc12. The van der Waals surface area contributed by atoms with Gasteiger partial charge in [0.2, 0.25) is 11.9 Å². The molecule has 1 amide bonds. The Kier molecular flexibility index (Phi) is 4.56. The Morgan fingerprint density at radius 2 is 1.84 bits per heavy atom. The highest BCUT2D eigenvalue weighted by atomic mass is 16.1. The average Bonchev–Trinajstić information content (AvgIpc) is 2.57. The van der Waals surface area contributed by atoms with Crippen molar-refractivity contribution in [3.63, 3.8) is 0 Å². The highest BCUT2D eigenvalue weighted by molar-refractivity contribution is 5.97. The maximum absolute atomic E-state index is 12.0. The van der Waals surface area contributed by atoms with Crippen LogP contribution in [0.1, 0.15) is 11.3 Å². The van der Waals surface area contributed by atoms with E-state index < -0.39 is 0 Å². The molecule has 0 spiro atoms. The van der Waals surface area contributed by atoms with E-state index in [1.165, 1.54) is 0 Å². The second kappa shape index (κ2) is 6.96. The molecular weight excluding hydrogens is 316 g/mol. The van der Waals surface area contributed by atoms with E-state index in [2.05, 4.69) is 20.3 Å². The van der Waals surface area contributed by atoms with Crippen LogP contribution < -0.4 is 16.8 Å². The second-order valence-corrected chi connectivity index (χ2v) is 5.59. The van der Waals surface area contributed by atoms with Crippen LogP contribution in [-0.4, -0.2) is 21.8 Å². The van der Waals surface area contributed by atoms with Gasteiger partial charge in [-0.25, -0.2) is 9.97 Å². The number of aliphatic imine (C=N–C) groups is 1.